The minimum Gasteiger partial charge on any atom is -0.488 e. The van der Waals surface area contributed by atoms with Gasteiger partial charge in [0.05, 0.1) is 17.5 Å². The van der Waals surface area contributed by atoms with Gasteiger partial charge in [0.25, 0.3) is 5.95 Å². The second-order valence-corrected chi connectivity index (χ2v) is 10.8. The van der Waals surface area contributed by atoms with E-state index in [1.807, 2.05) is 54.6 Å². The second kappa shape index (κ2) is 12.5. The molecule has 0 unspecified atom stereocenters. The van der Waals surface area contributed by atoms with E-state index >= 15 is 0 Å². The lowest BCUT2D eigenvalue weighted by Crippen LogP contribution is -2.17. The first-order valence-corrected chi connectivity index (χ1v) is 14.1. The molecule has 0 radical (unpaired) electrons. The number of anilines is 2. The smallest absolute Gasteiger partial charge is 0.264 e. The summed E-state index contributed by atoms with van der Waals surface area (Å²) in [6.07, 6.45) is 5.65. The number of nitrogens with zero attached hydrogens (tertiary/aromatic N) is 5. The number of carbonyl (C=O) groups excluding carboxylic acids is 1. The average Bonchev–Trinajstić information content (AvgIpc) is 3.50. The Morgan fingerprint density at radius 2 is 1.97 bits per heavy atom. The number of carbonyl (C=O) groups is 1. The van der Waals surface area contributed by atoms with E-state index in [1.54, 1.807) is 6.21 Å². The molecule has 2 aromatic heterocycles. The van der Waals surface area contributed by atoms with Gasteiger partial charge in [-0.3, -0.25) is 4.79 Å². The van der Waals surface area contributed by atoms with Gasteiger partial charge >= 0.3 is 0 Å². The zero-order chi connectivity index (χ0) is 27.0. The standard InChI is InChI=1S/C27H26N8O2S2/c28-14-21-20-11-5-7-13-23(20)39-25(21)31-24(36)17-38-27-34-33-26(35(27)29)32-30-15-19-10-4-6-12-22(19)37-16-18-8-2-1-3-9-18/h1-4,6,8-10,12,15H,5,7,11,13,16-17,29H2,(H,31,36)(H,32,33)/b30-15+. The van der Waals surface area contributed by atoms with Gasteiger partial charge in [0.15, 0.2) is 0 Å². The number of aryl methyl sites for hydroxylation is 1. The average molecular weight is 559 g/mol. The van der Waals surface area contributed by atoms with Crippen LogP contribution in [0.5, 0.6) is 5.75 Å². The molecule has 39 heavy (non-hydrogen) atoms. The minimum atomic E-state index is -0.238. The lowest BCUT2D eigenvalue weighted by molar-refractivity contribution is -0.113. The second-order valence-electron chi connectivity index (χ2n) is 8.72. The van der Waals surface area contributed by atoms with Crippen LogP contribution < -0.4 is 21.3 Å². The van der Waals surface area contributed by atoms with Crippen LogP contribution in [-0.2, 0) is 24.2 Å². The molecule has 12 heteroatoms. The van der Waals surface area contributed by atoms with Crippen LogP contribution in [-0.4, -0.2) is 32.7 Å². The summed E-state index contributed by atoms with van der Waals surface area (Å²) in [5.74, 6) is 6.85. The molecule has 4 N–H and O–H groups in total. The quantitative estimate of drug-likeness (QED) is 0.111. The van der Waals surface area contributed by atoms with Crippen molar-refractivity contribution in [3.63, 3.8) is 0 Å². The number of ether oxygens (including phenoxy) is 1. The van der Waals surface area contributed by atoms with Crippen molar-refractivity contribution in [3.8, 4) is 11.8 Å². The summed E-state index contributed by atoms with van der Waals surface area (Å²) in [6, 6.07) is 19.7. The first kappa shape index (κ1) is 26.3. The maximum atomic E-state index is 12.6. The number of para-hydroxylation sites is 1. The number of thiophene rings is 1. The van der Waals surface area contributed by atoms with Gasteiger partial charge < -0.3 is 15.9 Å². The predicted molar refractivity (Wildman–Crippen MR) is 154 cm³/mol. The Morgan fingerprint density at radius 3 is 2.82 bits per heavy atom. The molecule has 198 valence electrons. The summed E-state index contributed by atoms with van der Waals surface area (Å²) < 4.78 is 7.19. The lowest BCUT2D eigenvalue weighted by atomic mass is 9.96. The lowest BCUT2D eigenvalue weighted by Gasteiger charge is -2.09. The van der Waals surface area contributed by atoms with Gasteiger partial charge in [0.2, 0.25) is 11.1 Å². The number of amides is 1. The van der Waals surface area contributed by atoms with E-state index in [0.29, 0.717) is 28.1 Å². The van der Waals surface area contributed by atoms with Crippen molar-refractivity contribution in [2.75, 3.05) is 22.3 Å². The van der Waals surface area contributed by atoms with Crippen LogP contribution in [0.4, 0.5) is 10.9 Å². The van der Waals surface area contributed by atoms with E-state index in [-0.39, 0.29) is 17.6 Å². The van der Waals surface area contributed by atoms with Crippen LogP contribution in [0.25, 0.3) is 0 Å². The monoisotopic (exact) mass is 558 g/mol. The maximum Gasteiger partial charge on any atom is 0.264 e. The van der Waals surface area contributed by atoms with Crippen LogP contribution in [0.15, 0.2) is 64.9 Å². The van der Waals surface area contributed by atoms with Crippen LogP contribution in [0, 0.1) is 11.3 Å². The number of nitriles is 1. The summed E-state index contributed by atoms with van der Waals surface area (Å²) in [4.78, 5) is 13.8. The molecule has 0 saturated heterocycles. The molecule has 1 amide bonds. The number of hydrazone groups is 1. The van der Waals surface area contributed by atoms with Crippen LogP contribution >= 0.6 is 23.1 Å². The fraction of sp³-hybridized carbons (Fsp3) is 0.222. The third kappa shape index (κ3) is 6.39. The topological polar surface area (TPSA) is 143 Å². The Morgan fingerprint density at radius 1 is 1.18 bits per heavy atom. The van der Waals surface area contributed by atoms with Crippen LogP contribution in [0.3, 0.4) is 0 Å². The Labute approximate surface area is 233 Å². The summed E-state index contributed by atoms with van der Waals surface area (Å²) in [5.41, 5.74) is 6.30. The third-order valence-corrected chi connectivity index (χ3v) is 8.21. The van der Waals surface area contributed by atoms with Crippen LogP contribution in [0.1, 0.15) is 40.0 Å². The molecule has 10 nitrogen and oxygen atoms in total. The van der Waals surface area contributed by atoms with Crippen molar-refractivity contribution in [2.24, 2.45) is 5.10 Å². The number of benzene rings is 2. The van der Waals surface area contributed by atoms with E-state index < -0.39 is 0 Å². The molecule has 0 atom stereocenters. The van der Waals surface area contributed by atoms with Gasteiger partial charge in [-0.2, -0.15) is 10.4 Å². The minimum absolute atomic E-state index is 0.0676. The molecule has 0 aliphatic heterocycles. The van der Waals surface area contributed by atoms with Crippen molar-refractivity contribution >= 4 is 46.2 Å². The molecule has 0 saturated carbocycles. The zero-order valence-electron chi connectivity index (χ0n) is 21.0. The van der Waals surface area contributed by atoms with Gasteiger partial charge in [0, 0.05) is 10.4 Å². The molecular weight excluding hydrogens is 532 g/mol. The summed E-state index contributed by atoms with van der Waals surface area (Å²) in [5, 5.41) is 25.7. The Kier molecular flexibility index (Phi) is 8.40. The largest absolute Gasteiger partial charge is 0.488 e. The van der Waals surface area contributed by atoms with Crippen molar-refractivity contribution in [2.45, 2.75) is 37.4 Å². The molecule has 4 aromatic rings. The van der Waals surface area contributed by atoms with Crippen molar-refractivity contribution in [3.05, 3.63) is 81.7 Å². The highest BCUT2D eigenvalue weighted by Gasteiger charge is 2.22. The highest BCUT2D eigenvalue weighted by atomic mass is 32.2. The molecule has 2 aromatic carbocycles. The van der Waals surface area contributed by atoms with Gasteiger partial charge in [-0.05, 0) is 48.9 Å². The molecule has 1 aliphatic rings. The normalized spacial score (nSPS) is 12.6. The fourth-order valence-electron chi connectivity index (χ4n) is 4.13. The Bertz CT molecular complexity index is 1520. The summed E-state index contributed by atoms with van der Waals surface area (Å²) >= 11 is 2.64. The van der Waals surface area contributed by atoms with E-state index in [9.17, 15) is 10.1 Å². The first-order chi connectivity index (χ1) is 19.1. The van der Waals surface area contributed by atoms with Crippen molar-refractivity contribution in [1.82, 2.24) is 14.9 Å². The molecular formula is C27H26N8O2S2. The number of nitrogen functional groups attached to an aromatic ring is 1. The third-order valence-electron chi connectivity index (χ3n) is 6.06. The molecule has 2 heterocycles. The Balaban J connectivity index is 1.15. The van der Waals surface area contributed by atoms with Crippen molar-refractivity contribution in [1.29, 1.82) is 5.26 Å². The van der Waals surface area contributed by atoms with E-state index in [0.717, 1.165) is 54.1 Å². The number of rotatable bonds is 10. The maximum absolute atomic E-state index is 12.6. The van der Waals surface area contributed by atoms with E-state index in [1.165, 1.54) is 20.9 Å². The van der Waals surface area contributed by atoms with Gasteiger partial charge in [-0.1, -0.05) is 54.2 Å². The van der Waals surface area contributed by atoms with Gasteiger partial charge in [-0.15, -0.1) is 21.5 Å². The molecule has 0 fully saturated rings. The number of nitrogens with two attached hydrogens (primary N) is 1. The number of aromatic nitrogens is 3. The summed E-state index contributed by atoms with van der Waals surface area (Å²) in [7, 11) is 0. The van der Waals surface area contributed by atoms with E-state index in [4.69, 9.17) is 10.6 Å². The first-order valence-electron chi connectivity index (χ1n) is 12.3. The summed E-state index contributed by atoms with van der Waals surface area (Å²) in [6.45, 7) is 0.442. The SMILES string of the molecule is N#Cc1c(NC(=O)CSc2nnc(N/N=C/c3ccccc3OCc3ccccc3)n2N)sc2c1CCCC2. The van der Waals surface area contributed by atoms with Gasteiger partial charge in [0.1, 0.15) is 23.4 Å². The fourth-order valence-corrected chi connectivity index (χ4v) is 6.04. The number of hydrogen-bond acceptors (Lipinski definition) is 10. The van der Waals surface area contributed by atoms with E-state index in [2.05, 4.69) is 32.1 Å². The predicted octanol–water partition coefficient (Wildman–Crippen LogP) is 4.56. The van der Waals surface area contributed by atoms with Crippen LogP contribution in [0.2, 0.25) is 0 Å². The highest BCUT2D eigenvalue weighted by molar-refractivity contribution is 7.99. The molecule has 0 bridgehead atoms. The number of nitrogens with one attached hydrogen (secondary N) is 2. The highest BCUT2D eigenvalue weighted by Crippen LogP contribution is 2.37. The zero-order valence-corrected chi connectivity index (χ0v) is 22.6. The molecule has 0 spiro atoms. The molecule has 1 aliphatic carbocycles. The molecule has 5 rings (SSSR count). The number of thioether (sulfide) groups is 1. The van der Waals surface area contributed by atoms with Gasteiger partial charge in [-0.25, -0.2) is 10.1 Å². The number of fused-ring (bicyclic) bond motifs is 1. The Hall–Kier alpha value is -4.34. The van der Waals surface area contributed by atoms with Crippen molar-refractivity contribution < 1.29 is 9.53 Å². The number of hydrogen-bond donors (Lipinski definition) is 3.